The third kappa shape index (κ3) is 7.13. The Labute approximate surface area is 189 Å². The quantitative estimate of drug-likeness (QED) is 0.236. The summed E-state index contributed by atoms with van der Waals surface area (Å²) in [6.45, 7) is 2.92. The number of amides is 2. The van der Waals surface area contributed by atoms with Crippen molar-refractivity contribution < 1.29 is 33.6 Å². The van der Waals surface area contributed by atoms with Gasteiger partial charge in [0.15, 0.2) is 0 Å². The number of carbonyl (C=O) groups is 4. The fourth-order valence-corrected chi connectivity index (χ4v) is 3.13. The highest BCUT2D eigenvalue weighted by Crippen LogP contribution is 2.27. The number of nitrogens with two attached hydrogens (primary N) is 1. The average molecular weight is 457 g/mol. The SMILES string of the molecule is CCOC(=O)C[C@H](c1ccc([N+](=O)[O-])cc1)[C@@H](NC(=O)c1cccc(OC(C)=O)c1)C(N)=O. The third-order valence-electron chi connectivity index (χ3n) is 4.58. The number of benzene rings is 2. The second-order valence-electron chi connectivity index (χ2n) is 6.94. The van der Waals surface area contributed by atoms with Gasteiger partial charge in [0.25, 0.3) is 11.6 Å². The van der Waals surface area contributed by atoms with Crippen LogP contribution in [-0.4, -0.2) is 41.3 Å². The number of nitro benzene ring substituents is 1. The van der Waals surface area contributed by atoms with Gasteiger partial charge in [0.05, 0.1) is 18.0 Å². The molecule has 174 valence electrons. The van der Waals surface area contributed by atoms with Gasteiger partial charge in [-0.1, -0.05) is 18.2 Å². The molecule has 3 N–H and O–H groups in total. The Balaban J connectivity index is 2.37. The van der Waals surface area contributed by atoms with Crippen molar-refractivity contribution in [1.82, 2.24) is 5.32 Å². The first-order chi connectivity index (χ1) is 15.6. The molecule has 2 aromatic rings. The van der Waals surface area contributed by atoms with Crippen molar-refractivity contribution in [2.45, 2.75) is 32.2 Å². The number of nitrogens with one attached hydrogen (secondary N) is 1. The maximum atomic E-state index is 12.8. The van der Waals surface area contributed by atoms with Crippen LogP contribution in [0.5, 0.6) is 5.75 Å². The minimum absolute atomic E-state index is 0.0820. The Kier molecular flexibility index (Phi) is 8.61. The molecule has 0 saturated carbocycles. The Morgan fingerprint density at radius 2 is 1.79 bits per heavy atom. The molecule has 0 bridgehead atoms. The summed E-state index contributed by atoms with van der Waals surface area (Å²) >= 11 is 0. The molecule has 33 heavy (non-hydrogen) atoms. The van der Waals surface area contributed by atoms with Crippen molar-refractivity contribution in [3.05, 3.63) is 69.8 Å². The molecule has 0 radical (unpaired) electrons. The van der Waals surface area contributed by atoms with Crippen LogP contribution in [0, 0.1) is 10.1 Å². The number of non-ortho nitro benzene ring substituents is 1. The van der Waals surface area contributed by atoms with Gasteiger partial charge in [0.2, 0.25) is 5.91 Å². The van der Waals surface area contributed by atoms with Crippen LogP contribution in [0.3, 0.4) is 0 Å². The molecule has 0 aromatic heterocycles. The first kappa shape index (κ1) is 25.0. The summed E-state index contributed by atoms with van der Waals surface area (Å²) in [6, 6.07) is 9.56. The molecule has 0 unspecified atom stereocenters. The van der Waals surface area contributed by atoms with Crippen molar-refractivity contribution in [2.75, 3.05) is 6.61 Å². The molecule has 2 atom stereocenters. The molecule has 0 spiro atoms. The molecule has 11 heteroatoms. The number of carbonyl (C=O) groups excluding carboxylic acids is 4. The van der Waals surface area contributed by atoms with Gasteiger partial charge in [-0.25, -0.2) is 0 Å². The number of hydrogen-bond acceptors (Lipinski definition) is 8. The second kappa shape index (κ2) is 11.4. The number of esters is 2. The molecule has 0 aliphatic rings. The Morgan fingerprint density at radius 1 is 1.12 bits per heavy atom. The van der Waals surface area contributed by atoms with E-state index in [4.69, 9.17) is 15.2 Å². The average Bonchev–Trinajstić information content (AvgIpc) is 2.75. The molecular weight excluding hydrogens is 434 g/mol. The fourth-order valence-electron chi connectivity index (χ4n) is 3.13. The lowest BCUT2D eigenvalue weighted by molar-refractivity contribution is -0.384. The summed E-state index contributed by atoms with van der Waals surface area (Å²) in [7, 11) is 0. The first-order valence-corrected chi connectivity index (χ1v) is 9.91. The zero-order chi connectivity index (χ0) is 24.5. The number of ether oxygens (including phenoxy) is 2. The molecule has 2 aromatic carbocycles. The van der Waals surface area contributed by atoms with Crippen LogP contribution >= 0.6 is 0 Å². The van der Waals surface area contributed by atoms with Gasteiger partial charge in [-0.3, -0.25) is 29.3 Å². The molecule has 0 aliphatic carbocycles. The van der Waals surface area contributed by atoms with Crippen molar-refractivity contribution in [3.63, 3.8) is 0 Å². The van der Waals surface area contributed by atoms with Crippen LogP contribution in [0.2, 0.25) is 0 Å². The number of nitrogens with zero attached hydrogens (tertiary/aromatic N) is 1. The summed E-state index contributed by atoms with van der Waals surface area (Å²) in [5.74, 6) is -3.67. The minimum atomic E-state index is -1.35. The molecule has 11 nitrogen and oxygen atoms in total. The van der Waals surface area contributed by atoms with Crippen LogP contribution in [0.15, 0.2) is 48.5 Å². The summed E-state index contributed by atoms with van der Waals surface area (Å²) in [4.78, 5) is 58.8. The number of primary amides is 1. The fraction of sp³-hybridized carbons (Fsp3) is 0.273. The van der Waals surface area contributed by atoms with E-state index >= 15 is 0 Å². The highest BCUT2D eigenvalue weighted by Gasteiger charge is 2.32. The number of nitro groups is 1. The van der Waals surface area contributed by atoms with Gasteiger partial charge >= 0.3 is 11.9 Å². The molecular formula is C22H23N3O8. The van der Waals surface area contributed by atoms with E-state index in [1.165, 1.54) is 55.5 Å². The Bertz CT molecular complexity index is 1050. The Morgan fingerprint density at radius 3 is 2.33 bits per heavy atom. The van der Waals surface area contributed by atoms with E-state index in [1.807, 2.05) is 0 Å². The highest BCUT2D eigenvalue weighted by atomic mass is 16.6. The van der Waals surface area contributed by atoms with E-state index in [1.54, 1.807) is 6.92 Å². The maximum Gasteiger partial charge on any atom is 0.308 e. The molecule has 0 aliphatic heterocycles. The molecule has 2 rings (SSSR count). The van der Waals surface area contributed by atoms with Crippen LogP contribution in [-0.2, 0) is 19.1 Å². The van der Waals surface area contributed by atoms with Gasteiger partial charge in [0.1, 0.15) is 11.8 Å². The summed E-state index contributed by atoms with van der Waals surface area (Å²) in [5, 5.41) is 13.5. The molecule has 0 heterocycles. The normalized spacial score (nSPS) is 12.2. The monoisotopic (exact) mass is 457 g/mol. The summed E-state index contributed by atoms with van der Waals surface area (Å²) in [5.41, 5.74) is 5.81. The standard InChI is InChI=1S/C22H23N3O8/c1-3-32-19(27)12-18(14-7-9-16(10-8-14)25(30)31)20(21(23)28)24-22(29)15-5-4-6-17(11-15)33-13(2)26/h4-11,18,20H,3,12H2,1-2H3,(H2,23,28)(H,24,29)/t18-,20-/m1/s1. The predicted molar refractivity (Wildman–Crippen MR) is 115 cm³/mol. The largest absolute Gasteiger partial charge is 0.466 e. The van der Waals surface area contributed by atoms with Gasteiger partial charge in [-0.2, -0.15) is 0 Å². The van der Waals surface area contributed by atoms with E-state index in [0.29, 0.717) is 5.56 Å². The highest BCUT2D eigenvalue weighted by molar-refractivity contribution is 5.98. The van der Waals surface area contributed by atoms with Crippen LogP contribution in [0.25, 0.3) is 0 Å². The van der Waals surface area contributed by atoms with E-state index in [-0.39, 0.29) is 30.0 Å². The van der Waals surface area contributed by atoms with Gasteiger partial charge in [-0.05, 0) is 30.7 Å². The van der Waals surface area contributed by atoms with Crippen LogP contribution < -0.4 is 15.8 Å². The lowest BCUT2D eigenvalue weighted by Gasteiger charge is -2.25. The van der Waals surface area contributed by atoms with Crippen molar-refractivity contribution in [3.8, 4) is 5.75 Å². The van der Waals surface area contributed by atoms with E-state index in [9.17, 15) is 29.3 Å². The van der Waals surface area contributed by atoms with E-state index in [2.05, 4.69) is 5.32 Å². The summed E-state index contributed by atoms with van der Waals surface area (Å²) < 4.78 is 9.93. The first-order valence-electron chi connectivity index (χ1n) is 9.91. The number of rotatable bonds is 10. The van der Waals surface area contributed by atoms with Crippen molar-refractivity contribution in [2.24, 2.45) is 5.73 Å². The number of hydrogen-bond donors (Lipinski definition) is 2. The van der Waals surface area contributed by atoms with Crippen molar-refractivity contribution in [1.29, 1.82) is 0 Å². The van der Waals surface area contributed by atoms with Gasteiger partial charge in [0, 0.05) is 30.5 Å². The van der Waals surface area contributed by atoms with E-state index in [0.717, 1.165) is 0 Å². The topological polar surface area (TPSA) is 168 Å². The van der Waals surface area contributed by atoms with Crippen LogP contribution in [0.1, 0.15) is 42.1 Å². The Hall–Kier alpha value is -4.28. The zero-order valence-corrected chi connectivity index (χ0v) is 18.0. The molecule has 0 saturated heterocycles. The lowest BCUT2D eigenvalue weighted by atomic mass is 9.87. The molecule has 2 amide bonds. The smallest absolute Gasteiger partial charge is 0.308 e. The summed E-state index contributed by atoms with van der Waals surface area (Å²) in [6.07, 6.45) is -0.312. The third-order valence-corrected chi connectivity index (χ3v) is 4.58. The van der Waals surface area contributed by atoms with Crippen molar-refractivity contribution >= 4 is 29.4 Å². The van der Waals surface area contributed by atoms with Crippen LogP contribution in [0.4, 0.5) is 5.69 Å². The van der Waals surface area contributed by atoms with Gasteiger partial charge in [-0.15, -0.1) is 0 Å². The predicted octanol–water partition coefficient (Wildman–Crippen LogP) is 1.84. The minimum Gasteiger partial charge on any atom is -0.466 e. The van der Waals surface area contributed by atoms with Gasteiger partial charge < -0.3 is 20.5 Å². The van der Waals surface area contributed by atoms with E-state index < -0.39 is 40.6 Å². The maximum absolute atomic E-state index is 12.8. The zero-order valence-electron chi connectivity index (χ0n) is 18.0. The molecule has 0 fully saturated rings. The lowest BCUT2D eigenvalue weighted by Crippen LogP contribution is -2.48. The second-order valence-corrected chi connectivity index (χ2v) is 6.94.